The Morgan fingerprint density at radius 1 is 1.37 bits per heavy atom. The van der Waals surface area contributed by atoms with Crippen molar-refractivity contribution in [2.24, 2.45) is 5.73 Å². The number of aryl methyl sites for hydroxylation is 2. The van der Waals surface area contributed by atoms with Gasteiger partial charge in [-0.25, -0.2) is 4.98 Å². The van der Waals surface area contributed by atoms with Gasteiger partial charge >= 0.3 is 0 Å². The molecule has 19 heavy (non-hydrogen) atoms. The Bertz CT molecular complexity index is 524. The number of thiazole rings is 1. The van der Waals surface area contributed by atoms with Gasteiger partial charge in [-0.15, -0.1) is 11.3 Å². The van der Waals surface area contributed by atoms with Crippen molar-refractivity contribution in [3.8, 4) is 0 Å². The van der Waals surface area contributed by atoms with Crippen LogP contribution in [0.5, 0.6) is 0 Å². The Labute approximate surface area is 118 Å². The van der Waals surface area contributed by atoms with Gasteiger partial charge < -0.3 is 10.5 Å². The van der Waals surface area contributed by atoms with E-state index in [1.54, 1.807) is 11.3 Å². The van der Waals surface area contributed by atoms with Crippen molar-refractivity contribution in [3.05, 3.63) is 51.5 Å². The van der Waals surface area contributed by atoms with E-state index in [4.69, 9.17) is 10.5 Å². The molecular formula is C15H20N2OS. The zero-order valence-corrected chi connectivity index (χ0v) is 12.2. The van der Waals surface area contributed by atoms with E-state index in [-0.39, 0.29) is 6.10 Å². The molecule has 0 radical (unpaired) electrons. The Hall–Kier alpha value is -1.23. The van der Waals surface area contributed by atoms with Gasteiger partial charge in [0.1, 0.15) is 0 Å². The summed E-state index contributed by atoms with van der Waals surface area (Å²) >= 11 is 1.68. The van der Waals surface area contributed by atoms with Gasteiger partial charge in [0.25, 0.3) is 0 Å². The summed E-state index contributed by atoms with van der Waals surface area (Å²) in [6.07, 6.45) is 0.881. The number of benzene rings is 1. The highest BCUT2D eigenvalue weighted by Crippen LogP contribution is 2.19. The molecule has 0 aliphatic heterocycles. The minimum atomic E-state index is -0.0203. The number of ether oxygens (including phenoxy) is 1. The molecule has 0 aliphatic carbocycles. The standard InChI is InChI=1S/C15H20N2OS/c1-11-4-3-5-13(8-11)14(9-16)18-7-6-15-12(2)17-10-19-15/h3-5,8,10,14H,6-7,9,16H2,1-2H3. The SMILES string of the molecule is Cc1cccc(C(CN)OCCc2scnc2C)c1. The van der Waals surface area contributed by atoms with Crippen LogP contribution in [0.25, 0.3) is 0 Å². The lowest BCUT2D eigenvalue weighted by molar-refractivity contribution is 0.0611. The first-order valence-corrected chi connectivity index (χ1v) is 7.36. The Morgan fingerprint density at radius 2 is 2.21 bits per heavy atom. The van der Waals surface area contributed by atoms with E-state index in [0.717, 1.165) is 17.7 Å². The molecule has 1 atom stereocenters. The minimum absolute atomic E-state index is 0.0203. The van der Waals surface area contributed by atoms with Crippen molar-refractivity contribution in [1.82, 2.24) is 4.98 Å². The van der Waals surface area contributed by atoms with E-state index in [9.17, 15) is 0 Å². The van der Waals surface area contributed by atoms with E-state index in [2.05, 4.69) is 30.1 Å². The van der Waals surface area contributed by atoms with Crippen LogP contribution >= 0.6 is 11.3 Å². The molecule has 0 saturated heterocycles. The monoisotopic (exact) mass is 276 g/mol. The molecule has 0 spiro atoms. The first-order valence-electron chi connectivity index (χ1n) is 6.48. The van der Waals surface area contributed by atoms with E-state index in [0.29, 0.717) is 13.2 Å². The smallest absolute Gasteiger partial charge is 0.0947 e. The summed E-state index contributed by atoms with van der Waals surface area (Å²) in [5.74, 6) is 0. The van der Waals surface area contributed by atoms with Crippen molar-refractivity contribution in [1.29, 1.82) is 0 Å². The van der Waals surface area contributed by atoms with E-state index in [1.807, 2.05) is 18.5 Å². The number of rotatable bonds is 6. The third-order valence-corrected chi connectivity index (χ3v) is 4.12. The van der Waals surface area contributed by atoms with E-state index in [1.165, 1.54) is 10.4 Å². The van der Waals surface area contributed by atoms with Crippen LogP contribution in [0.1, 0.15) is 27.8 Å². The number of hydrogen-bond donors (Lipinski definition) is 1. The van der Waals surface area contributed by atoms with Crippen LogP contribution < -0.4 is 5.73 Å². The first kappa shape index (κ1) is 14.2. The van der Waals surface area contributed by atoms with Crippen LogP contribution in [0.3, 0.4) is 0 Å². The molecule has 1 heterocycles. The fourth-order valence-corrected chi connectivity index (χ4v) is 2.79. The zero-order chi connectivity index (χ0) is 13.7. The summed E-state index contributed by atoms with van der Waals surface area (Å²) < 4.78 is 5.91. The molecule has 3 nitrogen and oxygen atoms in total. The molecule has 102 valence electrons. The summed E-state index contributed by atoms with van der Waals surface area (Å²) in [5.41, 5.74) is 11.2. The lowest BCUT2D eigenvalue weighted by Gasteiger charge is -2.16. The van der Waals surface area contributed by atoms with Crippen molar-refractivity contribution >= 4 is 11.3 Å². The average molecular weight is 276 g/mol. The number of nitrogens with two attached hydrogens (primary N) is 1. The molecule has 4 heteroatoms. The summed E-state index contributed by atoms with van der Waals surface area (Å²) in [7, 11) is 0. The molecule has 0 aliphatic rings. The van der Waals surface area contributed by atoms with Crippen molar-refractivity contribution in [2.45, 2.75) is 26.4 Å². The number of aromatic nitrogens is 1. The van der Waals surface area contributed by atoms with Crippen molar-refractivity contribution in [2.75, 3.05) is 13.2 Å². The van der Waals surface area contributed by atoms with Crippen molar-refractivity contribution in [3.63, 3.8) is 0 Å². The molecule has 0 bridgehead atoms. The second-order valence-electron chi connectivity index (χ2n) is 4.62. The number of hydrogen-bond acceptors (Lipinski definition) is 4. The van der Waals surface area contributed by atoms with Crippen LogP contribution in [0.15, 0.2) is 29.8 Å². The normalized spacial score (nSPS) is 12.6. The van der Waals surface area contributed by atoms with Gasteiger partial charge in [0.15, 0.2) is 0 Å². The molecule has 2 aromatic rings. The highest BCUT2D eigenvalue weighted by atomic mass is 32.1. The lowest BCUT2D eigenvalue weighted by Crippen LogP contribution is -2.17. The maximum Gasteiger partial charge on any atom is 0.0947 e. The molecule has 0 fully saturated rings. The molecule has 0 saturated carbocycles. The van der Waals surface area contributed by atoms with Crippen LogP contribution in [0.4, 0.5) is 0 Å². The maximum atomic E-state index is 5.91. The quantitative estimate of drug-likeness (QED) is 0.882. The minimum Gasteiger partial charge on any atom is -0.372 e. The first-order chi connectivity index (χ1) is 9.20. The fraction of sp³-hybridized carbons (Fsp3) is 0.400. The van der Waals surface area contributed by atoms with Crippen LogP contribution in [0, 0.1) is 13.8 Å². The summed E-state index contributed by atoms with van der Waals surface area (Å²) in [6.45, 7) is 5.30. The van der Waals surface area contributed by atoms with E-state index < -0.39 is 0 Å². The summed E-state index contributed by atoms with van der Waals surface area (Å²) in [6, 6.07) is 8.33. The molecule has 1 unspecified atom stereocenters. The second kappa shape index (κ2) is 6.80. The predicted octanol–water partition coefficient (Wildman–Crippen LogP) is 3.02. The van der Waals surface area contributed by atoms with Gasteiger partial charge in [0.05, 0.1) is 23.9 Å². The summed E-state index contributed by atoms with van der Waals surface area (Å²) in [4.78, 5) is 5.53. The van der Waals surface area contributed by atoms with Crippen LogP contribution in [0.2, 0.25) is 0 Å². The van der Waals surface area contributed by atoms with Gasteiger partial charge in [-0.2, -0.15) is 0 Å². The Kier molecular flexibility index (Phi) is 5.07. The fourth-order valence-electron chi connectivity index (χ4n) is 2.03. The topological polar surface area (TPSA) is 48.1 Å². The predicted molar refractivity (Wildman–Crippen MR) is 79.5 cm³/mol. The largest absolute Gasteiger partial charge is 0.372 e. The Balaban J connectivity index is 1.91. The molecule has 1 aromatic carbocycles. The van der Waals surface area contributed by atoms with E-state index >= 15 is 0 Å². The van der Waals surface area contributed by atoms with Crippen LogP contribution in [-0.2, 0) is 11.2 Å². The lowest BCUT2D eigenvalue weighted by atomic mass is 10.1. The van der Waals surface area contributed by atoms with Gasteiger partial charge in [0, 0.05) is 17.8 Å². The third-order valence-electron chi connectivity index (χ3n) is 3.12. The third kappa shape index (κ3) is 3.86. The molecule has 0 amide bonds. The molecule has 1 aromatic heterocycles. The average Bonchev–Trinajstić information content (AvgIpc) is 2.80. The zero-order valence-electron chi connectivity index (χ0n) is 11.4. The molecule has 2 rings (SSSR count). The van der Waals surface area contributed by atoms with Gasteiger partial charge in [-0.3, -0.25) is 0 Å². The van der Waals surface area contributed by atoms with Gasteiger partial charge in [0.2, 0.25) is 0 Å². The second-order valence-corrected chi connectivity index (χ2v) is 5.56. The van der Waals surface area contributed by atoms with Gasteiger partial charge in [-0.05, 0) is 19.4 Å². The highest BCUT2D eigenvalue weighted by Gasteiger charge is 2.10. The maximum absolute atomic E-state index is 5.91. The highest BCUT2D eigenvalue weighted by molar-refractivity contribution is 7.09. The van der Waals surface area contributed by atoms with Crippen LogP contribution in [-0.4, -0.2) is 18.1 Å². The Morgan fingerprint density at radius 3 is 2.84 bits per heavy atom. The van der Waals surface area contributed by atoms with Crippen molar-refractivity contribution < 1.29 is 4.74 Å². The summed E-state index contributed by atoms with van der Waals surface area (Å²) in [5, 5.41) is 0. The number of nitrogens with zero attached hydrogens (tertiary/aromatic N) is 1. The van der Waals surface area contributed by atoms with Gasteiger partial charge in [-0.1, -0.05) is 29.8 Å². The molecule has 2 N–H and O–H groups in total. The molecular weight excluding hydrogens is 256 g/mol.